The van der Waals surface area contributed by atoms with Crippen LogP contribution in [0.2, 0.25) is 0 Å². The molecule has 0 aliphatic rings. The fraction of sp³-hybridized carbons (Fsp3) is 0.0833. The molecule has 3 aromatic carbocycles. The van der Waals surface area contributed by atoms with Gasteiger partial charge in [-0.15, -0.1) is 0 Å². The Labute approximate surface area is 173 Å². The molecule has 0 aliphatic carbocycles. The highest BCUT2D eigenvalue weighted by molar-refractivity contribution is 5.96. The average Bonchev–Trinajstić information content (AvgIpc) is 2.78. The van der Waals surface area contributed by atoms with E-state index in [2.05, 4.69) is 15.3 Å². The number of hydrogen-bond donors (Lipinski definition) is 1. The van der Waals surface area contributed by atoms with Gasteiger partial charge in [0, 0.05) is 16.8 Å². The Bertz CT molecular complexity index is 1200. The van der Waals surface area contributed by atoms with E-state index in [1.807, 2.05) is 36.4 Å². The number of para-hydroxylation sites is 2. The Morgan fingerprint density at radius 1 is 0.900 bits per heavy atom. The lowest BCUT2D eigenvalue weighted by molar-refractivity contribution is -0.118. The van der Waals surface area contributed by atoms with Crippen molar-refractivity contribution in [3.63, 3.8) is 0 Å². The number of fused-ring (bicyclic) bond motifs is 1. The summed E-state index contributed by atoms with van der Waals surface area (Å²) >= 11 is 0. The number of nitrogens with one attached hydrogen (secondary N) is 1. The van der Waals surface area contributed by atoms with Crippen molar-refractivity contribution >= 4 is 28.4 Å². The molecule has 0 aliphatic heterocycles. The first-order chi connectivity index (χ1) is 14.6. The molecule has 0 fully saturated rings. The lowest BCUT2D eigenvalue weighted by atomic mass is 10.1. The summed E-state index contributed by atoms with van der Waals surface area (Å²) in [6, 6.07) is 21.8. The van der Waals surface area contributed by atoms with Crippen LogP contribution in [0.15, 0.2) is 79.0 Å². The van der Waals surface area contributed by atoms with E-state index in [4.69, 9.17) is 4.74 Å². The average molecular weight is 397 g/mol. The summed E-state index contributed by atoms with van der Waals surface area (Å²) in [5.41, 5.74) is 4.58. The quantitative estimate of drug-likeness (QED) is 0.484. The Hall–Kier alpha value is -4.06. The van der Waals surface area contributed by atoms with Crippen molar-refractivity contribution in [2.45, 2.75) is 6.92 Å². The van der Waals surface area contributed by atoms with Gasteiger partial charge in [-0.1, -0.05) is 12.1 Å². The second kappa shape index (κ2) is 8.53. The molecule has 1 aromatic heterocycles. The van der Waals surface area contributed by atoms with Crippen molar-refractivity contribution in [3.8, 4) is 17.0 Å². The van der Waals surface area contributed by atoms with Gasteiger partial charge in [0.1, 0.15) is 5.75 Å². The second-order valence-corrected chi connectivity index (χ2v) is 6.74. The van der Waals surface area contributed by atoms with Crippen molar-refractivity contribution in [2.24, 2.45) is 0 Å². The Morgan fingerprint density at radius 2 is 1.60 bits per heavy atom. The number of Topliss-reactive ketones (excluding diaryl/α,β-unsaturated/α-hetero) is 1. The number of ketones is 1. The molecular weight excluding hydrogens is 378 g/mol. The highest BCUT2D eigenvalue weighted by atomic mass is 16.5. The molecular formula is C24H19N3O3. The van der Waals surface area contributed by atoms with Gasteiger partial charge in [-0.25, -0.2) is 4.98 Å². The molecule has 0 atom stereocenters. The maximum Gasteiger partial charge on any atom is 0.262 e. The van der Waals surface area contributed by atoms with Gasteiger partial charge in [0.25, 0.3) is 5.91 Å². The Morgan fingerprint density at radius 3 is 2.30 bits per heavy atom. The minimum absolute atomic E-state index is 0.0191. The molecule has 1 amide bonds. The van der Waals surface area contributed by atoms with Crippen LogP contribution in [0.3, 0.4) is 0 Å². The number of carbonyl (C=O) groups excluding carboxylic acids is 2. The van der Waals surface area contributed by atoms with Crippen molar-refractivity contribution in [2.75, 3.05) is 11.9 Å². The van der Waals surface area contributed by atoms with Gasteiger partial charge < -0.3 is 10.1 Å². The normalized spacial score (nSPS) is 10.6. The molecule has 0 bridgehead atoms. The van der Waals surface area contributed by atoms with Gasteiger partial charge in [-0.05, 0) is 67.6 Å². The molecule has 0 saturated heterocycles. The van der Waals surface area contributed by atoms with E-state index >= 15 is 0 Å². The predicted octanol–water partition coefficient (Wildman–Crippen LogP) is 4.52. The first kappa shape index (κ1) is 19.3. The smallest absolute Gasteiger partial charge is 0.262 e. The standard InChI is InChI=1S/C24H19N3O3/c1-16(28)17-6-10-19(11-7-17)26-24(29)15-30-20-12-8-18(9-13-20)23-14-25-21-4-2-3-5-22(21)27-23/h2-14H,15H2,1H3,(H,26,29). The van der Waals surface area contributed by atoms with Crippen LogP contribution in [0.4, 0.5) is 5.69 Å². The van der Waals surface area contributed by atoms with Crippen LogP contribution in [0.5, 0.6) is 5.75 Å². The van der Waals surface area contributed by atoms with Crippen molar-refractivity contribution < 1.29 is 14.3 Å². The summed E-state index contributed by atoms with van der Waals surface area (Å²) in [4.78, 5) is 32.4. The van der Waals surface area contributed by atoms with Crippen LogP contribution in [-0.4, -0.2) is 28.3 Å². The highest BCUT2D eigenvalue weighted by Crippen LogP contribution is 2.22. The number of rotatable bonds is 6. The molecule has 1 N–H and O–H groups in total. The summed E-state index contributed by atoms with van der Waals surface area (Å²) in [5, 5.41) is 2.74. The van der Waals surface area contributed by atoms with Crippen LogP contribution in [0, 0.1) is 0 Å². The van der Waals surface area contributed by atoms with Gasteiger partial charge in [0.05, 0.1) is 22.9 Å². The monoisotopic (exact) mass is 397 g/mol. The molecule has 6 nitrogen and oxygen atoms in total. The van der Waals surface area contributed by atoms with Crippen molar-refractivity contribution in [1.82, 2.24) is 9.97 Å². The zero-order valence-electron chi connectivity index (χ0n) is 16.3. The van der Waals surface area contributed by atoms with Crippen LogP contribution >= 0.6 is 0 Å². The van der Waals surface area contributed by atoms with Gasteiger partial charge in [0.2, 0.25) is 0 Å². The minimum Gasteiger partial charge on any atom is -0.484 e. The van der Waals surface area contributed by atoms with E-state index in [1.54, 1.807) is 42.6 Å². The van der Waals surface area contributed by atoms with Crippen LogP contribution < -0.4 is 10.1 Å². The molecule has 4 rings (SSSR count). The van der Waals surface area contributed by atoms with Crippen LogP contribution in [-0.2, 0) is 4.79 Å². The molecule has 0 spiro atoms. The van der Waals surface area contributed by atoms with E-state index < -0.39 is 0 Å². The first-order valence-electron chi connectivity index (χ1n) is 9.44. The molecule has 4 aromatic rings. The maximum absolute atomic E-state index is 12.1. The number of anilines is 1. The summed E-state index contributed by atoms with van der Waals surface area (Å²) in [7, 11) is 0. The molecule has 0 radical (unpaired) electrons. The van der Waals surface area contributed by atoms with E-state index in [-0.39, 0.29) is 18.3 Å². The molecule has 30 heavy (non-hydrogen) atoms. The number of ether oxygens (including phenoxy) is 1. The van der Waals surface area contributed by atoms with Gasteiger partial charge in [-0.3, -0.25) is 14.6 Å². The number of aromatic nitrogens is 2. The highest BCUT2D eigenvalue weighted by Gasteiger charge is 2.07. The molecule has 148 valence electrons. The lowest BCUT2D eigenvalue weighted by Crippen LogP contribution is -2.20. The zero-order chi connectivity index (χ0) is 20.9. The number of carbonyl (C=O) groups is 2. The van der Waals surface area contributed by atoms with Gasteiger partial charge in [0.15, 0.2) is 12.4 Å². The summed E-state index contributed by atoms with van der Waals surface area (Å²) in [5.74, 6) is 0.277. The third-order valence-electron chi connectivity index (χ3n) is 4.54. The largest absolute Gasteiger partial charge is 0.484 e. The predicted molar refractivity (Wildman–Crippen MR) is 116 cm³/mol. The molecule has 0 unspecified atom stereocenters. The number of nitrogens with zero attached hydrogens (tertiary/aromatic N) is 2. The Kier molecular flexibility index (Phi) is 5.48. The fourth-order valence-electron chi connectivity index (χ4n) is 2.95. The van der Waals surface area contributed by atoms with Crippen molar-refractivity contribution in [1.29, 1.82) is 0 Å². The number of hydrogen-bond acceptors (Lipinski definition) is 5. The first-order valence-corrected chi connectivity index (χ1v) is 9.44. The third kappa shape index (κ3) is 4.50. The summed E-state index contributed by atoms with van der Waals surface area (Å²) in [6.07, 6.45) is 1.74. The van der Waals surface area contributed by atoms with E-state index in [0.717, 1.165) is 22.3 Å². The topological polar surface area (TPSA) is 81.2 Å². The molecule has 0 saturated carbocycles. The van der Waals surface area contributed by atoms with E-state index in [9.17, 15) is 9.59 Å². The fourth-order valence-corrected chi connectivity index (χ4v) is 2.95. The van der Waals surface area contributed by atoms with Crippen molar-refractivity contribution in [3.05, 3.63) is 84.6 Å². The Balaban J connectivity index is 1.36. The van der Waals surface area contributed by atoms with Gasteiger partial charge >= 0.3 is 0 Å². The summed E-state index contributed by atoms with van der Waals surface area (Å²) < 4.78 is 5.56. The maximum atomic E-state index is 12.1. The van der Waals surface area contributed by atoms with E-state index in [1.165, 1.54) is 6.92 Å². The number of amides is 1. The minimum atomic E-state index is -0.282. The van der Waals surface area contributed by atoms with Gasteiger partial charge in [-0.2, -0.15) is 0 Å². The lowest BCUT2D eigenvalue weighted by Gasteiger charge is -2.09. The third-order valence-corrected chi connectivity index (χ3v) is 4.54. The summed E-state index contributed by atoms with van der Waals surface area (Å²) in [6.45, 7) is 1.38. The number of benzene rings is 3. The zero-order valence-corrected chi connectivity index (χ0v) is 16.3. The van der Waals surface area contributed by atoms with Crippen LogP contribution in [0.25, 0.3) is 22.3 Å². The van der Waals surface area contributed by atoms with E-state index in [0.29, 0.717) is 17.0 Å². The molecule has 6 heteroatoms. The second-order valence-electron chi connectivity index (χ2n) is 6.74. The SMILES string of the molecule is CC(=O)c1ccc(NC(=O)COc2ccc(-c3cnc4ccccc4n3)cc2)cc1. The molecule has 1 heterocycles. The van der Waals surface area contributed by atoms with Crippen LogP contribution in [0.1, 0.15) is 17.3 Å².